The third-order valence-electron chi connectivity index (χ3n) is 3.95. The van der Waals surface area contributed by atoms with Crippen molar-refractivity contribution in [2.75, 3.05) is 25.4 Å². The molecule has 1 aliphatic rings. The molecule has 2 atom stereocenters. The smallest absolute Gasteiger partial charge is 0.0316 e. The first-order valence-electron chi connectivity index (χ1n) is 6.72. The maximum Gasteiger partial charge on any atom is 0.0316 e. The number of anilines is 1. The van der Waals surface area contributed by atoms with Crippen molar-refractivity contribution in [2.45, 2.75) is 26.7 Å². The lowest BCUT2D eigenvalue weighted by atomic mass is 10.0. The molecule has 0 bridgehead atoms. The fraction of sp³-hybridized carbons (Fsp3) is 0.600. The molecule has 1 aromatic carbocycles. The Bertz CT molecular complexity index is 352. The van der Waals surface area contributed by atoms with Gasteiger partial charge in [0, 0.05) is 18.8 Å². The Morgan fingerprint density at radius 1 is 1.24 bits per heavy atom. The molecule has 2 nitrogen and oxygen atoms in total. The van der Waals surface area contributed by atoms with Crippen LogP contribution in [0.2, 0.25) is 0 Å². The Morgan fingerprint density at radius 2 is 1.94 bits per heavy atom. The highest BCUT2D eigenvalue weighted by molar-refractivity contribution is 5.40. The van der Waals surface area contributed by atoms with Gasteiger partial charge >= 0.3 is 0 Å². The van der Waals surface area contributed by atoms with Gasteiger partial charge in [0.15, 0.2) is 0 Å². The minimum Gasteiger partial charge on any atom is -0.399 e. The second kappa shape index (κ2) is 5.54. The molecule has 0 amide bonds. The molecular weight excluding hydrogens is 208 g/mol. The van der Waals surface area contributed by atoms with Crippen molar-refractivity contribution in [1.82, 2.24) is 4.90 Å². The Kier molecular flexibility index (Phi) is 4.06. The summed E-state index contributed by atoms with van der Waals surface area (Å²) in [6.07, 6.45) is 2.38. The number of rotatable bonds is 4. The first kappa shape index (κ1) is 12.4. The van der Waals surface area contributed by atoms with Crippen molar-refractivity contribution in [3.8, 4) is 0 Å². The normalized spacial score (nSPS) is 25.3. The molecule has 2 rings (SSSR count). The summed E-state index contributed by atoms with van der Waals surface area (Å²) < 4.78 is 0. The maximum atomic E-state index is 5.78. The topological polar surface area (TPSA) is 29.3 Å². The lowest BCUT2D eigenvalue weighted by Crippen LogP contribution is -2.22. The van der Waals surface area contributed by atoms with E-state index in [2.05, 4.69) is 30.9 Å². The van der Waals surface area contributed by atoms with Gasteiger partial charge in [0.25, 0.3) is 0 Å². The average molecular weight is 232 g/mol. The number of nitrogens with two attached hydrogens (primary N) is 1. The number of likely N-dealkylation sites (tertiary alicyclic amines) is 1. The summed E-state index contributed by atoms with van der Waals surface area (Å²) in [5, 5.41) is 0. The number of benzene rings is 1. The number of nitrogens with zero attached hydrogens (tertiary/aromatic N) is 1. The van der Waals surface area contributed by atoms with Crippen molar-refractivity contribution in [1.29, 1.82) is 0 Å². The molecule has 17 heavy (non-hydrogen) atoms. The van der Waals surface area contributed by atoms with Crippen LogP contribution in [0.25, 0.3) is 0 Å². The molecule has 0 radical (unpaired) electrons. The van der Waals surface area contributed by atoms with E-state index in [1.54, 1.807) is 0 Å². The largest absolute Gasteiger partial charge is 0.399 e. The quantitative estimate of drug-likeness (QED) is 0.809. The van der Waals surface area contributed by atoms with Gasteiger partial charge in [-0.2, -0.15) is 0 Å². The molecule has 2 unspecified atom stereocenters. The summed E-state index contributed by atoms with van der Waals surface area (Å²) >= 11 is 0. The number of aryl methyl sites for hydroxylation is 1. The minimum atomic E-state index is 0.863. The molecule has 0 aliphatic carbocycles. The Morgan fingerprint density at radius 3 is 2.59 bits per heavy atom. The summed E-state index contributed by atoms with van der Waals surface area (Å²) in [4.78, 5) is 2.60. The van der Waals surface area contributed by atoms with Crippen LogP contribution < -0.4 is 5.73 Å². The summed E-state index contributed by atoms with van der Waals surface area (Å²) in [5.74, 6) is 1.73. The van der Waals surface area contributed by atoms with Crippen molar-refractivity contribution in [3.63, 3.8) is 0 Å². The van der Waals surface area contributed by atoms with Gasteiger partial charge in [0.05, 0.1) is 0 Å². The number of nitrogen functional groups attached to an aromatic ring is 1. The van der Waals surface area contributed by atoms with Crippen molar-refractivity contribution < 1.29 is 0 Å². The number of hydrogen-bond acceptors (Lipinski definition) is 2. The van der Waals surface area contributed by atoms with E-state index < -0.39 is 0 Å². The predicted molar refractivity (Wildman–Crippen MR) is 73.9 cm³/mol. The highest BCUT2D eigenvalue weighted by Gasteiger charge is 2.25. The summed E-state index contributed by atoms with van der Waals surface area (Å²) in [5.41, 5.74) is 8.02. The minimum absolute atomic E-state index is 0.863. The molecule has 0 aromatic heterocycles. The van der Waals surface area contributed by atoms with Crippen molar-refractivity contribution in [3.05, 3.63) is 29.8 Å². The zero-order valence-electron chi connectivity index (χ0n) is 11.0. The molecule has 1 fully saturated rings. The van der Waals surface area contributed by atoms with E-state index in [0.29, 0.717) is 0 Å². The van der Waals surface area contributed by atoms with Crippen LogP contribution in [0.1, 0.15) is 25.8 Å². The molecular formula is C15H24N2. The highest BCUT2D eigenvalue weighted by atomic mass is 15.1. The Hall–Kier alpha value is -1.02. The lowest BCUT2D eigenvalue weighted by Gasteiger charge is -2.15. The molecule has 1 aliphatic heterocycles. The van der Waals surface area contributed by atoms with Crippen LogP contribution in [0.4, 0.5) is 5.69 Å². The van der Waals surface area contributed by atoms with E-state index in [1.165, 1.54) is 31.6 Å². The van der Waals surface area contributed by atoms with Gasteiger partial charge in [-0.15, -0.1) is 0 Å². The van der Waals surface area contributed by atoms with E-state index >= 15 is 0 Å². The maximum absolute atomic E-state index is 5.78. The molecule has 0 spiro atoms. The summed E-state index contributed by atoms with van der Waals surface area (Å²) in [7, 11) is 0. The molecule has 1 aromatic rings. The molecule has 2 heteroatoms. The first-order valence-corrected chi connectivity index (χ1v) is 6.72. The number of hydrogen-bond donors (Lipinski definition) is 1. The summed E-state index contributed by atoms with van der Waals surface area (Å²) in [6.45, 7) is 8.50. The molecule has 2 N–H and O–H groups in total. The third kappa shape index (κ3) is 3.47. The van der Waals surface area contributed by atoms with Crippen LogP contribution in [0.5, 0.6) is 0 Å². The monoisotopic (exact) mass is 232 g/mol. The van der Waals surface area contributed by atoms with E-state index in [4.69, 9.17) is 5.73 Å². The van der Waals surface area contributed by atoms with Gasteiger partial charge in [-0.05, 0) is 48.9 Å². The van der Waals surface area contributed by atoms with Crippen molar-refractivity contribution >= 4 is 5.69 Å². The zero-order valence-corrected chi connectivity index (χ0v) is 11.0. The predicted octanol–water partition coefficient (Wildman–Crippen LogP) is 2.79. The van der Waals surface area contributed by atoms with E-state index in [9.17, 15) is 0 Å². The molecule has 94 valence electrons. The second-order valence-electron chi connectivity index (χ2n) is 5.56. The second-order valence-corrected chi connectivity index (χ2v) is 5.56. The van der Waals surface area contributed by atoms with Crippen LogP contribution in [0, 0.1) is 11.8 Å². The van der Waals surface area contributed by atoms with Gasteiger partial charge in [-0.1, -0.05) is 26.0 Å². The lowest BCUT2D eigenvalue weighted by molar-refractivity contribution is 0.319. The fourth-order valence-corrected chi connectivity index (χ4v) is 2.69. The highest BCUT2D eigenvalue weighted by Crippen LogP contribution is 2.22. The third-order valence-corrected chi connectivity index (χ3v) is 3.95. The SMILES string of the molecule is CC1CN(CCCc2cccc(N)c2)CC1C. The van der Waals surface area contributed by atoms with Gasteiger partial charge < -0.3 is 10.6 Å². The van der Waals surface area contributed by atoms with Crippen LogP contribution in [-0.4, -0.2) is 24.5 Å². The van der Waals surface area contributed by atoms with Crippen LogP contribution >= 0.6 is 0 Å². The van der Waals surface area contributed by atoms with Gasteiger partial charge in [0.2, 0.25) is 0 Å². The van der Waals surface area contributed by atoms with E-state index in [-0.39, 0.29) is 0 Å². The summed E-state index contributed by atoms with van der Waals surface area (Å²) in [6, 6.07) is 8.26. The first-order chi connectivity index (χ1) is 8.15. The Balaban J connectivity index is 1.73. The van der Waals surface area contributed by atoms with Gasteiger partial charge in [-0.25, -0.2) is 0 Å². The van der Waals surface area contributed by atoms with Crippen LogP contribution in [0.15, 0.2) is 24.3 Å². The van der Waals surface area contributed by atoms with E-state index in [1.807, 2.05) is 12.1 Å². The van der Waals surface area contributed by atoms with Gasteiger partial charge in [0.1, 0.15) is 0 Å². The van der Waals surface area contributed by atoms with Crippen molar-refractivity contribution in [2.24, 2.45) is 11.8 Å². The fourth-order valence-electron chi connectivity index (χ4n) is 2.69. The molecule has 0 saturated carbocycles. The average Bonchev–Trinajstić information content (AvgIpc) is 2.58. The van der Waals surface area contributed by atoms with Gasteiger partial charge in [-0.3, -0.25) is 0 Å². The molecule has 1 saturated heterocycles. The van der Waals surface area contributed by atoms with Crippen LogP contribution in [-0.2, 0) is 6.42 Å². The standard InChI is InChI=1S/C15H24N2/c1-12-10-17(11-13(12)2)8-4-6-14-5-3-7-15(16)9-14/h3,5,7,9,12-13H,4,6,8,10-11,16H2,1-2H3. The van der Waals surface area contributed by atoms with Crippen LogP contribution in [0.3, 0.4) is 0 Å². The van der Waals surface area contributed by atoms with E-state index in [0.717, 1.165) is 23.9 Å². The Labute approximate surface area is 105 Å². The zero-order chi connectivity index (χ0) is 12.3. The molecule has 1 heterocycles.